The summed E-state index contributed by atoms with van der Waals surface area (Å²) in [7, 11) is -1.66. The van der Waals surface area contributed by atoms with E-state index in [1.54, 1.807) is 13.8 Å². The average molecular weight is 308 g/mol. The van der Waals surface area contributed by atoms with Gasteiger partial charge < -0.3 is 15.3 Å². The number of amides is 2. The Bertz CT molecular complexity index is 443. The number of urea groups is 1. The average Bonchev–Trinajstić information content (AvgIpc) is 2.36. The second kappa shape index (κ2) is 7.47. The van der Waals surface area contributed by atoms with Gasteiger partial charge >= 0.3 is 12.0 Å². The summed E-state index contributed by atoms with van der Waals surface area (Å²) >= 11 is 0. The van der Waals surface area contributed by atoms with Crippen LogP contribution in [0.2, 0.25) is 0 Å². The maximum atomic E-state index is 11.8. The van der Waals surface area contributed by atoms with Gasteiger partial charge in [0.1, 0.15) is 9.84 Å². The van der Waals surface area contributed by atoms with Gasteiger partial charge in [0.2, 0.25) is 0 Å². The van der Waals surface area contributed by atoms with Gasteiger partial charge in [-0.2, -0.15) is 0 Å². The van der Waals surface area contributed by atoms with Crippen LogP contribution in [0, 0.1) is 5.41 Å². The van der Waals surface area contributed by atoms with Crippen molar-refractivity contribution in [2.75, 3.05) is 32.1 Å². The van der Waals surface area contributed by atoms with E-state index in [4.69, 9.17) is 0 Å². The number of carboxylic acids is 1. The molecular formula is C12H24N2O5S. The normalized spacial score (nSPS) is 12.0. The molecule has 0 aromatic rings. The lowest BCUT2D eigenvalue weighted by Gasteiger charge is -2.28. The van der Waals surface area contributed by atoms with E-state index < -0.39 is 27.3 Å². The van der Waals surface area contributed by atoms with E-state index in [1.807, 2.05) is 0 Å². The van der Waals surface area contributed by atoms with E-state index in [0.717, 1.165) is 6.26 Å². The first kappa shape index (κ1) is 18.7. The summed E-state index contributed by atoms with van der Waals surface area (Å²) in [5.74, 6) is -1.07. The van der Waals surface area contributed by atoms with Gasteiger partial charge in [0.05, 0.1) is 11.2 Å². The number of aliphatic carboxylic acids is 1. The molecule has 20 heavy (non-hydrogen) atoms. The van der Waals surface area contributed by atoms with Crippen LogP contribution in [0.3, 0.4) is 0 Å². The molecule has 0 aromatic carbocycles. The Labute approximate surface area is 120 Å². The largest absolute Gasteiger partial charge is 0.481 e. The highest BCUT2D eigenvalue weighted by Gasteiger charge is 2.35. The second-order valence-corrected chi connectivity index (χ2v) is 7.26. The predicted molar refractivity (Wildman–Crippen MR) is 76.4 cm³/mol. The van der Waals surface area contributed by atoms with E-state index in [-0.39, 0.29) is 18.8 Å². The fourth-order valence-electron chi connectivity index (χ4n) is 1.66. The number of nitrogens with one attached hydrogen (secondary N) is 1. The fourth-order valence-corrected chi connectivity index (χ4v) is 2.27. The highest BCUT2D eigenvalue weighted by molar-refractivity contribution is 7.90. The summed E-state index contributed by atoms with van der Waals surface area (Å²) in [6.45, 7) is 3.62. The third-order valence-corrected chi connectivity index (χ3v) is 4.45. The van der Waals surface area contributed by atoms with E-state index in [9.17, 15) is 23.1 Å². The first-order chi connectivity index (χ1) is 9.08. The molecular weight excluding hydrogens is 284 g/mol. The first-order valence-electron chi connectivity index (χ1n) is 6.48. The zero-order chi connectivity index (χ0) is 16.0. The van der Waals surface area contributed by atoms with Crippen molar-refractivity contribution in [3.8, 4) is 0 Å². The molecule has 118 valence electrons. The molecule has 8 heteroatoms. The molecule has 0 rings (SSSR count). The molecule has 0 saturated carbocycles. The van der Waals surface area contributed by atoms with Gasteiger partial charge in [-0.05, 0) is 12.8 Å². The zero-order valence-corrected chi connectivity index (χ0v) is 13.3. The van der Waals surface area contributed by atoms with E-state index in [2.05, 4.69) is 5.32 Å². The van der Waals surface area contributed by atoms with Crippen LogP contribution in [0.4, 0.5) is 4.79 Å². The van der Waals surface area contributed by atoms with Crippen molar-refractivity contribution in [2.45, 2.75) is 26.7 Å². The monoisotopic (exact) mass is 308 g/mol. The Hall–Kier alpha value is -1.31. The van der Waals surface area contributed by atoms with Crippen molar-refractivity contribution < 1.29 is 23.1 Å². The van der Waals surface area contributed by atoms with Crippen molar-refractivity contribution in [3.05, 3.63) is 0 Å². The maximum absolute atomic E-state index is 11.8. The van der Waals surface area contributed by atoms with Gasteiger partial charge in [0.15, 0.2) is 0 Å². The molecule has 0 unspecified atom stereocenters. The van der Waals surface area contributed by atoms with Crippen molar-refractivity contribution in [1.82, 2.24) is 10.2 Å². The quantitative estimate of drug-likeness (QED) is 0.682. The molecule has 0 saturated heterocycles. The van der Waals surface area contributed by atoms with Gasteiger partial charge in [-0.1, -0.05) is 13.8 Å². The van der Waals surface area contributed by atoms with Crippen molar-refractivity contribution in [2.24, 2.45) is 5.41 Å². The molecule has 0 fully saturated rings. The predicted octanol–water partition coefficient (Wildman–Crippen LogP) is 0.563. The summed E-state index contributed by atoms with van der Waals surface area (Å²) < 4.78 is 22.0. The molecule has 0 spiro atoms. The number of hydrogen-bond donors (Lipinski definition) is 2. The Kier molecular flexibility index (Phi) is 6.98. The molecule has 0 aromatic heterocycles. The van der Waals surface area contributed by atoms with Crippen LogP contribution in [0.1, 0.15) is 26.7 Å². The third-order valence-electron chi connectivity index (χ3n) is 3.53. The third kappa shape index (κ3) is 5.77. The lowest BCUT2D eigenvalue weighted by atomic mass is 9.82. The minimum atomic E-state index is -3.13. The molecule has 0 atom stereocenters. The van der Waals surface area contributed by atoms with Crippen LogP contribution in [0.5, 0.6) is 0 Å². The molecule has 2 amide bonds. The van der Waals surface area contributed by atoms with Crippen LogP contribution in [0.25, 0.3) is 0 Å². The molecule has 0 heterocycles. The van der Waals surface area contributed by atoms with Crippen LogP contribution in [-0.2, 0) is 14.6 Å². The zero-order valence-electron chi connectivity index (χ0n) is 12.5. The molecule has 0 aliphatic heterocycles. The summed E-state index contributed by atoms with van der Waals surface area (Å²) in [6, 6.07) is -0.471. The van der Waals surface area contributed by atoms with Crippen molar-refractivity contribution >= 4 is 21.8 Å². The fraction of sp³-hybridized carbons (Fsp3) is 0.833. The summed E-state index contributed by atoms with van der Waals surface area (Å²) in [4.78, 5) is 24.3. The molecule has 2 N–H and O–H groups in total. The Morgan fingerprint density at radius 1 is 1.25 bits per heavy atom. The Balaban J connectivity index is 4.50. The van der Waals surface area contributed by atoms with Crippen LogP contribution in [0.15, 0.2) is 0 Å². The minimum absolute atomic E-state index is 0.0252. The molecule has 0 radical (unpaired) electrons. The van der Waals surface area contributed by atoms with E-state index >= 15 is 0 Å². The topological polar surface area (TPSA) is 104 Å². The summed E-state index contributed by atoms with van der Waals surface area (Å²) in [6.07, 6.45) is 1.92. The first-order valence-corrected chi connectivity index (χ1v) is 8.54. The SMILES string of the molecule is CCC(CC)(CNC(=O)N(C)CCS(C)(=O)=O)C(=O)O. The van der Waals surface area contributed by atoms with E-state index in [1.165, 1.54) is 11.9 Å². The highest BCUT2D eigenvalue weighted by atomic mass is 32.2. The Morgan fingerprint density at radius 3 is 2.10 bits per heavy atom. The minimum Gasteiger partial charge on any atom is -0.481 e. The van der Waals surface area contributed by atoms with Crippen molar-refractivity contribution in [3.63, 3.8) is 0 Å². The van der Waals surface area contributed by atoms with Gasteiger partial charge in [0, 0.05) is 26.4 Å². The number of rotatable bonds is 8. The van der Waals surface area contributed by atoms with E-state index in [0.29, 0.717) is 12.8 Å². The van der Waals surface area contributed by atoms with Gasteiger partial charge in [-0.25, -0.2) is 13.2 Å². The standard InChI is InChI=1S/C12H24N2O5S/c1-5-12(6-2,10(15)16)9-13-11(17)14(3)7-8-20(4,18)19/h5-9H2,1-4H3,(H,13,17)(H,15,16). The number of sulfone groups is 1. The Morgan fingerprint density at radius 2 is 1.75 bits per heavy atom. The lowest BCUT2D eigenvalue weighted by Crippen LogP contribution is -2.47. The number of nitrogens with zero attached hydrogens (tertiary/aromatic N) is 1. The summed E-state index contributed by atoms with van der Waals surface area (Å²) in [5.41, 5.74) is -0.979. The van der Waals surface area contributed by atoms with Gasteiger partial charge in [0.25, 0.3) is 0 Å². The number of carbonyl (C=O) groups excluding carboxylic acids is 1. The maximum Gasteiger partial charge on any atom is 0.317 e. The molecule has 7 nitrogen and oxygen atoms in total. The number of carboxylic acid groups (broad SMARTS) is 1. The highest BCUT2D eigenvalue weighted by Crippen LogP contribution is 2.25. The summed E-state index contributed by atoms with van der Waals surface area (Å²) in [5, 5.41) is 11.8. The smallest absolute Gasteiger partial charge is 0.317 e. The van der Waals surface area contributed by atoms with Crippen LogP contribution < -0.4 is 5.32 Å². The second-order valence-electron chi connectivity index (χ2n) is 5.00. The van der Waals surface area contributed by atoms with Crippen LogP contribution in [-0.4, -0.2) is 62.6 Å². The number of hydrogen-bond acceptors (Lipinski definition) is 4. The van der Waals surface area contributed by atoms with Crippen LogP contribution >= 0.6 is 0 Å². The molecule has 0 bridgehead atoms. The van der Waals surface area contributed by atoms with Gasteiger partial charge in [-0.3, -0.25) is 4.79 Å². The lowest BCUT2D eigenvalue weighted by molar-refractivity contribution is -0.149. The molecule has 0 aliphatic rings. The molecule has 0 aliphatic carbocycles. The number of carbonyl (C=O) groups is 2. The van der Waals surface area contributed by atoms with Gasteiger partial charge in [-0.15, -0.1) is 0 Å². The van der Waals surface area contributed by atoms with Crippen molar-refractivity contribution in [1.29, 1.82) is 0 Å².